The first kappa shape index (κ1) is 16.0. The fourth-order valence-electron chi connectivity index (χ4n) is 2.81. The molecule has 1 aliphatic carbocycles. The Morgan fingerprint density at radius 3 is 2.81 bits per heavy atom. The highest BCUT2D eigenvalue weighted by molar-refractivity contribution is 5.93. The molecule has 21 heavy (non-hydrogen) atoms. The van der Waals surface area contributed by atoms with Crippen molar-refractivity contribution in [1.29, 1.82) is 0 Å². The molecule has 1 heterocycles. The molecule has 0 radical (unpaired) electrons. The minimum Gasteiger partial charge on any atom is -0.376 e. The molecule has 1 aliphatic rings. The van der Waals surface area contributed by atoms with E-state index in [1.807, 2.05) is 19.1 Å². The third kappa shape index (κ3) is 5.12. The standard InChI is InChI=1S/C17H26N2O2/c1-2-14-8-7-11-18-16(14)17(20)19-12-13-21-15-9-5-3-4-6-10-15/h7-8,11,15H,2-6,9-10,12-13H2,1H3,(H,19,20). The lowest BCUT2D eigenvalue weighted by Gasteiger charge is -2.15. The Balaban J connectivity index is 1.71. The number of nitrogens with zero attached hydrogens (tertiary/aromatic N) is 1. The van der Waals surface area contributed by atoms with Crippen molar-refractivity contribution in [2.24, 2.45) is 0 Å². The minimum absolute atomic E-state index is 0.100. The van der Waals surface area contributed by atoms with Crippen molar-refractivity contribution in [1.82, 2.24) is 10.3 Å². The van der Waals surface area contributed by atoms with E-state index in [9.17, 15) is 4.79 Å². The van der Waals surface area contributed by atoms with Gasteiger partial charge in [0.15, 0.2) is 0 Å². The Labute approximate surface area is 127 Å². The zero-order valence-electron chi connectivity index (χ0n) is 12.9. The van der Waals surface area contributed by atoms with Gasteiger partial charge in [0.1, 0.15) is 5.69 Å². The van der Waals surface area contributed by atoms with E-state index in [1.165, 1.54) is 25.7 Å². The second-order valence-electron chi connectivity index (χ2n) is 5.60. The summed E-state index contributed by atoms with van der Waals surface area (Å²) in [6, 6.07) is 3.81. The molecule has 0 unspecified atom stereocenters. The van der Waals surface area contributed by atoms with Gasteiger partial charge in [-0.15, -0.1) is 0 Å². The summed E-state index contributed by atoms with van der Waals surface area (Å²) in [5.41, 5.74) is 1.52. The Kier molecular flexibility index (Phi) is 6.67. The van der Waals surface area contributed by atoms with Gasteiger partial charge in [-0.1, -0.05) is 38.7 Å². The van der Waals surface area contributed by atoms with Gasteiger partial charge in [0.25, 0.3) is 5.91 Å². The fraction of sp³-hybridized carbons (Fsp3) is 0.647. The van der Waals surface area contributed by atoms with Gasteiger partial charge in [-0.2, -0.15) is 0 Å². The van der Waals surface area contributed by atoms with E-state index in [4.69, 9.17) is 4.74 Å². The van der Waals surface area contributed by atoms with Gasteiger partial charge < -0.3 is 10.1 Å². The second-order valence-corrected chi connectivity index (χ2v) is 5.60. The van der Waals surface area contributed by atoms with E-state index in [0.29, 0.717) is 24.9 Å². The van der Waals surface area contributed by atoms with Crippen LogP contribution in [0.1, 0.15) is 61.5 Å². The third-order valence-electron chi connectivity index (χ3n) is 4.03. The van der Waals surface area contributed by atoms with Crippen molar-refractivity contribution in [3.8, 4) is 0 Å². The summed E-state index contributed by atoms with van der Waals surface area (Å²) >= 11 is 0. The molecule has 4 nitrogen and oxygen atoms in total. The third-order valence-corrected chi connectivity index (χ3v) is 4.03. The van der Waals surface area contributed by atoms with Crippen molar-refractivity contribution in [2.75, 3.05) is 13.2 Å². The molecule has 0 aromatic carbocycles. The maximum atomic E-state index is 12.1. The summed E-state index contributed by atoms with van der Waals surface area (Å²) in [5.74, 6) is -0.100. The largest absolute Gasteiger partial charge is 0.376 e. The molecule has 1 aromatic heterocycles. The highest BCUT2D eigenvalue weighted by Crippen LogP contribution is 2.19. The number of carbonyl (C=O) groups excluding carboxylic acids is 1. The van der Waals surface area contributed by atoms with Crippen LogP contribution in [-0.4, -0.2) is 30.1 Å². The van der Waals surface area contributed by atoms with Crippen LogP contribution >= 0.6 is 0 Å². The number of nitrogens with one attached hydrogen (secondary N) is 1. The Bertz CT molecular complexity index is 440. The second kappa shape index (κ2) is 8.78. The molecule has 0 atom stereocenters. The van der Waals surface area contributed by atoms with E-state index in [1.54, 1.807) is 6.20 Å². The molecule has 0 spiro atoms. The number of ether oxygens (including phenoxy) is 1. The van der Waals surface area contributed by atoms with Gasteiger partial charge in [0.2, 0.25) is 0 Å². The van der Waals surface area contributed by atoms with Crippen molar-refractivity contribution >= 4 is 5.91 Å². The fourth-order valence-corrected chi connectivity index (χ4v) is 2.81. The van der Waals surface area contributed by atoms with Crippen LogP contribution in [0.2, 0.25) is 0 Å². The lowest BCUT2D eigenvalue weighted by atomic mass is 10.1. The zero-order valence-corrected chi connectivity index (χ0v) is 12.9. The number of amides is 1. The lowest BCUT2D eigenvalue weighted by molar-refractivity contribution is 0.0441. The molecule has 0 saturated heterocycles. The van der Waals surface area contributed by atoms with Gasteiger partial charge in [0, 0.05) is 12.7 Å². The van der Waals surface area contributed by atoms with E-state index in [0.717, 1.165) is 24.8 Å². The summed E-state index contributed by atoms with van der Waals surface area (Å²) in [4.78, 5) is 16.3. The van der Waals surface area contributed by atoms with Gasteiger partial charge in [-0.25, -0.2) is 0 Å². The van der Waals surface area contributed by atoms with Crippen molar-refractivity contribution in [3.05, 3.63) is 29.6 Å². The topological polar surface area (TPSA) is 51.2 Å². The number of rotatable bonds is 6. The first-order valence-corrected chi connectivity index (χ1v) is 8.15. The first-order valence-electron chi connectivity index (χ1n) is 8.15. The number of pyridine rings is 1. The molecule has 1 amide bonds. The summed E-state index contributed by atoms with van der Waals surface area (Å²) < 4.78 is 5.87. The maximum Gasteiger partial charge on any atom is 0.270 e. The number of carbonyl (C=O) groups is 1. The summed E-state index contributed by atoms with van der Waals surface area (Å²) in [6.45, 7) is 3.17. The predicted molar refractivity (Wildman–Crippen MR) is 83.4 cm³/mol. The molecule has 1 fully saturated rings. The molecular weight excluding hydrogens is 264 g/mol. The van der Waals surface area contributed by atoms with Crippen LogP contribution in [-0.2, 0) is 11.2 Å². The molecular formula is C17H26N2O2. The predicted octanol–water partition coefficient (Wildman–Crippen LogP) is 3.11. The monoisotopic (exact) mass is 290 g/mol. The summed E-state index contributed by atoms with van der Waals surface area (Å²) in [6.07, 6.45) is 10.4. The van der Waals surface area contributed by atoms with Crippen LogP contribution in [0.5, 0.6) is 0 Å². The average molecular weight is 290 g/mol. The van der Waals surface area contributed by atoms with Gasteiger partial charge >= 0.3 is 0 Å². The number of aryl methyl sites for hydroxylation is 1. The Morgan fingerprint density at radius 2 is 2.10 bits per heavy atom. The normalized spacial score (nSPS) is 16.4. The van der Waals surface area contributed by atoms with Crippen molar-refractivity contribution in [2.45, 2.75) is 58.0 Å². The number of aromatic nitrogens is 1. The number of hydrogen-bond donors (Lipinski definition) is 1. The highest BCUT2D eigenvalue weighted by atomic mass is 16.5. The lowest BCUT2D eigenvalue weighted by Crippen LogP contribution is -2.30. The van der Waals surface area contributed by atoms with Crippen LogP contribution in [0.25, 0.3) is 0 Å². The van der Waals surface area contributed by atoms with Gasteiger partial charge in [-0.05, 0) is 30.9 Å². The first-order chi connectivity index (χ1) is 10.3. The molecule has 2 rings (SSSR count). The van der Waals surface area contributed by atoms with E-state index in [-0.39, 0.29) is 5.91 Å². The van der Waals surface area contributed by atoms with Gasteiger partial charge in [-0.3, -0.25) is 9.78 Å². The smallest absolute Gasteiger partial charge is 0.270 e. The SMILES string of the molecule is CCc1cccnc1C(=O)NCCOC1CCCCCC1. The van der Waals surface area contributed by atoms with E-state index < -0.39 is 0 Å². The Morgan fingerprint density at radius 1 is 1.33 bits per heavy atom. The molecule has 116 valence electrons. The molecule has 0 bridgehead atoms. The van der Waals surface area contributed by atoms with Crippen LogP contribution in [0, 0.1) is 0 Å². The van der Waals surface area contributed by atoms with E-state index in [2.05, 4.69) is 10.3 Å². The maximum absolute atomic E-state index is 12.1. The minimum atomic E-state index is -0.100. The van der Waals surface area contributed by atoms with Gasteiger partial charge in [0.05, 0.1) is 12.7 Å². The molecule has 1 saturated carbocycles. The highest BCUT2D eigenvalue weighted by Gasteiger charge is 2.13. The Hall–Kier alpha value is -1.42. The molecule has 1 N–H and O–H groups in total. The molecule has 1 aromatic rings. The molecule has 0 aliphatic heterocycles. The summed E-state index contributed by atoms with van der Waals surface area (Å²) in [5, 5.41) is 2.90. The van der Waals surface area contributed by atoms with Crippen LogP contribution in [0.3, 0.4) is 0 Å². The van der Waals surface area contributed by atoms with Crippen LogP contribution in [0.15, 0.2) is 18.3 Å². The number of hydrogen-bond acceptors (Lipinski definition) is 3. The van der Waals surface area contributed by atoms with Crippen LogP contribution in [0.4, 0.5) is 0 Å². The zero-order chi connectivity index (χ0) is 14.9. The van der Waals surface area contributed by atoms with Crippen molar-refractivity contribution < 1.29 is 9.53 Å². The summed E-state index contributed by atoms with van der Waals surface area (Å²) in [7, 11) is 0. The molecule has 4 heteroatoms. The van der Waals surface area contributed by atoms with Crippen LogP contribution < -0.4 is 5.32 Å². The average Bonchev–Trinajstić information content (AvgIpc) is 2.80. The van der Waals surface area contributed by atoms with Crippen molar-refractivity contribution in [3.63, 3.8) is 0 Å². The van der Waals surface area contributed by atoms with E-state index >= 15 is 0 Å². The quantitative estimate of drug-likeness (QED) is 0.647.